The number of carboxylic acids is 1. The van der Waals surface area contributed by atoms with Gasteiger partial charge in [-0.3, -0.25) is 4.79 Å². The first-order valence-corrected chi connectivity index (χ1v) is 5.81. The van der Waals surface area contributed by atoms with E-state index in [-0.39, 0.29) is 5.91 Å². The van der Waals surface area contributed by atoms with Crippen LogP contribution in [0.5, 0.6) is 0 Å². The van der Waals surface area contributed by atoms with Gasteiger partial charge < -0.3 is 16.2 Å². The van der Waals surface area contributed by atoms with Crippen LogP contribution in [0.2, 0.25) is 0 Å². The maximum Gasteiger partial charge on any atom is 0.329 e. The summed E-state index contributed by atoms with van der Waals surface area (Å²) in [5.74, 6) is -1.08. The fourth-order valence-electron chi connectivity index (χ4n) is 2.40. The fraction of sp³-hybridized carbons (Fsp3) is 0.818. The molecule has 0 spiro atoms. The Labute approximate surface area is 94.4 Å². The van der Waals surface area contributed by atoms with E-state index < -0.39 is 16.9 Å². The zero-order chi connectivity index (χ0) is 11.8. The van der Waals surface area contributed by atoms with E-state index in [1.165, 1.54) is 0 Å². The summed E-state index contributed by atoms with van der Waals surface area (Å²) in [6.45, 7) is 0.314. The average molecular weight is 226 g/mol. The van der Waals surface area contributed by atoms with E-state index in [1.807, 2.05) is 0 Å². The van der Waals surface area contributed by atoms with Crippen molar-refractivity contribution in [3.05, 3.63) is 0 Å². The third-order valence-electron chi connectivity index (χ3n) is 3.95. The number of hydrogen-bond acceptors (Lipinski definition) is 3. The minimum Gasteiger partial charge on any atom is -0.480 e. The number of amides is 1. The van der Waals surface area contributed by atoms with Crippen LogP contribution < -0.4 is 11.1 Å². The van der Waals surface area contributed by atoms with E-state index in [0.717, 1.165) is 25.7 Å². The van der Waals surface area contributed by atoms with Crippen LogP contribution in [-0.2, 0) is 9.59 Å². The number of rotatable bonds is 4. The molecule has 0 atom stereocenters. The number of aliphatic carboxylic acids is 1. The Morgan fingerprint density at radius 2 is 1.75 bits per heavy atom. The summed E-state index contributed by atoms with van der Waals surface area (Å²) >= 11 is 0. The number of carbonyl (C=O) groups excluding carboxylic acids is 1. The van der Waals surface area contributed by atoms with E-state index in [0.29, 0.717) is 19.4 Å². The lowest BCUT2D eigenvalue weighted by atomic mass is 9.95. The molecule has 1 amide bonds. The number of nitrogens with one attached hydrogen (secondary N) is 1. The molecule has 0 heterocycles. The summed E-state index contributed by atoms with van der Waals surface area (Å²) in [5, 5.41) is 12.0. The first-order chi connectivity index (χ1) is 7.55. The molecule has 5 nitrogen and oxygen atoms in total. The standard InChI is InChI=1S/C11H18N2O3/c12-7-10(5-6-10)8(14)13-11(9(15)16)3-1-2-4-11/h1-7,12H2,(H,13,14)(H,15,16). The van der Waals surface area contributed by atoms with Gasteiger partial charge in [-0.25, -0.2) is 4.79 Å². The Balaban J connectivity index is 2.07. The van der Waals surface area contributed by atoms with Crippen molar-refractivity contribution in [2.45, 2.75) is 44.1 Å². The van der Waals surface area contributed by atoms with E-state index in [4.69, 9.17) is 5.73 Å². The Morgan fingerprint density at radius 1 is 1.19 bits per heavy atom. The molecular formula is C11H18N2O3. The third kappa shape index (κ3) is 1.69. The van der Waals surface area contributed by atoms with Crippen LogP contribution in [0.1, 0.15) is 38.5 Å². The van der Waals surface area contributed by atoms with Crippen molar-refractivity contribution < 1.29 is 14.7 Å². The summed E-state index contributed by atoms with van der Waals surface area (Å²) in [6, 6.07) is 0. The van der Waals surface area contributed by atoms with Gasteiger partial charge in [0.1, 0.15) is 5.54 Å². The zero-order valence-corrected chi connectivity index (χ0v) is 9.29. The van der Waals surface area contributed by atoms with E-state index in [9.17, 15) is 14.7 Å². The molecule has 2 aliphatic rings. The topological polar surface area (TPSA) is 92.4 Å². The smallest absolute Gasteiger partial charge is 0.329 e. The monoisotopic (exact) mass is 226 g/mol. The molecule has 0 aromatic heterocycles. The van der Waals surface area contributed by atoms with Crippen molar-refractivity contribution in [2.24, 2.45) is 11.1 Å². The first-order valence-electron chi connectivity index (χ1n) is 5.81. The molecule has 2 saturated carbocycles. The van der Waals surface area contributed by atoms with Gasteiger partial charge in [-0.15, -0.1) is 0 Å². The van der Waals surface area contributed by atoms with Gasteiger partial charge in [0.05, 0.1) is 5.41 Å². The molecular weight excluding hydrogens is 208 g/mol. The van der Waals surface area contributed by atoms with Gasteiger partial charge in [0.2, 0.25) is 5.91 Å². The summed E-state index contributed by atoms with van der Waals surface area (Å²) in [4.78, 5) is 23.2. The molecule has 90 valence electrons. The largest absolute Gasteiger partial charge is 0.480 e. The Kier molecular flexibility index (Phi) is 2.66. The van der Waals surface area contributed by atoms with Crippen LogP contribution in [0.15, 0.2) is 0 Å². The highest BCUT2D eigenvalue weighted by Crippen LogP contribution is 2.45. The average Bonchev–Trinajstić information content (AvgIpc) is 2.92. The normalized spacial score (nSPS) is 25.1. The van der Waals surface area contributed by atoms with Crippen LogP contribution in [0.25, 0.3) is 0 Å². The lowest BCUT2D eigenvalue weighted by molar-refractivity contribution is -0.148. The molecule has 0 saturated heterocycles. The number of carboxylic acid groups (broad SMARTS) is 1. The molecule has 0 aromatic carbocycles. The van der Waals surface area contributed by atoms with Crippen molar-refractivity contribution in [3.8, 4) is 0 Å². The highest BCUT2D eigenvalue weighted by atomic mass is 16.4. The Hall–Kier alpha value is -1.10. The maximum atomic E-state index is 12.0. The number of hydrogen-bond donors (Lipinski definition) is 3. The second-order valence-electron chi connectivity index (χ2n) is 5.03. The van der Waals surface area contributed by atoms with Crippen molar-refractivity contribution in [1.29, 1.82) is 0 Å². The van der Waals surface area contributed by atoms with Crippen molar-refractivity contribution in [3.63, 3.8) is 0 Å². The molecule has 0 aromatic rings. The molecule has 4 N–H and O–H groups in total. The molecule has 2 rings (SSSR count). The molecule has 16 heavy (non-hydrogen) atoms. The van der Waals surface area contributed by atoms with Gasteiger partial charge >= 0.3 is 5.97 Å². The second kappa shape index (κ2) is 3.73. The molecule has 2 aliphatic carbocycles. The van der Waals surface area contributed by atoms with Crippen LogP contribution in [0, 0.1) is 5.41 Å². The molecule has 0 unspecified atom stereocenters. The quantitative estimate of drug-likeness (QED) is 0.640. The summed E-state index contributed by atoms with van der Waals surface area (Å²) in [7, 11) is 0. The van der Waals surface area contributed by atoms with E-state index in [2.05, 4.69) is 5.32 Å². The van der Waals surface area contributed by atoms with Crippen molar-refractivity contribution in [1.82, 2.24) is 5.32 Å². The van der Waals surface area contributed by atoms with Crippen LogP contribution in [0.3, 0.4) is 0 Å². The highest BCUT2D eigenvalue weighted by molar-refractivity contribution is 5.91. The van der Waals surface area contributed by atoms with E-state index in [1.54, 1.807) is 0 Å². The maximum absolute atomic E-state index is 12.0. The van der Waals surface area contributed by atoms with Gasteiger partial charge in [0.25, 0.3) is 0 Å². The molecule has 5 heteroatoms. The van der Waals surface area contributed by atoms with Crippen molar-refractivity contribution in [2.75, 3.05) is 6.54 Å². The third-order valence-corrected chi connectivity index (χ3v) is 3.95. The first kappa shape index (κ1) is 11.4. The number of carbonyl (C=O) groups is 2. The summed E-state index contributed by atoms with van der Waals surface area (Å²) in [6.07, 6.45) is 4.37. The van der Waals surface area contributed by atoms with Crippen LogP contribution in [0.4, 0.5) is 0 Å². The lowest BCUT2D eigenvalue weighted by Gasteiger charge is -2.27. The summed E-state index contributed by atoms with van der Waals surface area (Å²) in [5.41, 5.74) is 4.06. The highest BCUT2D eigenvalue weighted by Gasteiger charge is 2.52. The van der Waals surface area contributed by atoms with Crippen molar-refractivity contribution >= 4 is 11.9 Å². The Bertz CT molecular complexity index is 317. The zero-order valence-electron chi connectivity index (χ0n) is 9.29. The Morgan fingerprint density at radius 3 is 2.12 bits per heavy atom. The molecule has 0 aliphatic heterocycles. The minimum absolute atomic E-state index is 0.167. The van der Waals surface area contributed by atoms with Crippen LogP contribution >= 0.6 is 0 Å². The predicted octanol–water partition coefficient (Wildman–Crippen LogP) is 0.239. The van der Waals surface area contributed by atoms with Gasteiger partial charge in [-0.1, -0.05) is 12.8 Å². The van der Waals surface area contributed by atoms with Gasteiger partial charge in [-0.2, -0.15) is 0 Å². The second-order valence-corrected chi connectivity index (χ2v) is 5.03. The SMILES string of the molecule is NCC1(C(=O)NC2(C(=O)O)CCCC2)CC1. The van der Waals surface area contributed by atoms with E-state index >= 15 is 0 Å². The predicted molar refractivity (Wildman–Crippen MR) is 57.7 cm³/mol. The molecule has 0 radical (unpaired) electrons. The van der Waals surface area contributed by atoms with Gasteiger partial charge in [0.15, 0.2) is 0 Å². The van der Waals surface area contributed by atoms with Gasteiger partial charge in [-0.05, 0) is 25.7 Å². The minimum atomic E-state index is -1.03. The summed E-state index contributed by atoms with van der Waals surface area (Å²) < 4.78 is 0. The van der Waals surface area contributed by atoms with Gasteiger partial charge in [0, 0.05) is 6.54 Å². The number of nitrogens with two attached hydrogens (primary N) is 1. The fourth-order valence-corrected chi connectivity index (χ4v) is 2.40. The lowest BCUT2D eigenvalue weighted by Crippen LogP contribution is -2.55. The molecule has 0 bridgehead atoms. The molecule has 2 fully saturated rings. The van der Waals surface area contributed by atoms with Crippen LogP contribution in [-0.4, -0.2) is 29.1 Å².